The van der Waals surface area contributed by atoms with Gasteiger partial charge in [0.05, 0.1) is 6.61 Å². The predicted octanol–water partition coefficient (Wildman–Crippen LogP) is 2.94. The SMILES string of the molecule is COCC1=C(C)C=C(C)CC1C. The van der Waals surface area contributed by atoms with E-state index in [9.17, 15) is 0 Å². The summed E-state index contributed by atoms with van der Waals surface area (Å²) < 4.78 is 5.17. The first kappa shape index (κ1) is 9.53. The molecule has 0 N–H and O–H groups in total. The third kappa shape index (κ3) is 1.98. The topological polar surface area (TPSA) is 9.23 Å². The highest BCUT2D eigenvalue weighted by molar-refractivity contribution is 5.33. The predicted molar refractivity (Wildman–Crippen MR) is 52.1 cm³/mol. The minimum Gasteiger partial charge on any atom is -0.380 e. The van der Waals surface area contributed by atoms with Gasteiger partial charge in [-0.05, 0) is 37.3 Å². The summed E-state index contributed by atoms with van der Waals surface area (Å²) in [5.41, 5.74) is 4.34. The zero-order chi connectivity index (χ0) is 9.14. The van der Waals surface area contributed by atoms with Crippen LogP contribution < -0.4 is 0 Å². The van der Waals surface area contributed by atoms with Gasteiger partial charge in [-0.1, -0.05) is 18.6 Å². The van der Waals surface area contributed by atoms with Gasteiger partial charge in [0.15, 0.2) is 0 Å². The molecule has 1 unspecified atom stereocenters. The standard InChI is InChI=1S/C11H18O/c1-8-5-9(2)11(7-12-4)10(3)6-8/h5,10H,6-7H2,1-4H3. The Balaban J connectivity index is 2.84. The number of hydrogen-bond acceptors (Lipinski definition) is 1. The molecule has 0 saturated heterocycles. The average molecular weight is 166 g/mol. The quantitative estimate of drug-likeness (QED) is 0.613. The molecule has 0 radical (unpaired) electrons. The van der Waals surface area contributed by atoms with Crippen LogP contribution in [0.4, 0.5) is 0 Å². The van der Waals surface area contributed by atoms with Crippen LogP contribution in [0.1, 0.15) is 27.2 Å². The smallest absolute Gasteiger partial charge is 0.0681 e. The van der Waals surface area contributed by atoms with Gasteiger partial charge in [0.2, 0.25) is 0 Å². The van der Waals surface area contributed by atoms with Crippen LogP contribution in [-0.2, 0) is 4.74 Å². The molecule has 12 heavy (non-hydrogen) atoms. The summed E-state index contributed by atoms with van der Waals surface area (Å²) in [6.45, 7) is 7.43. The van der Waals surface area contributed by atoms with E-state index in [0.717, 1.165) is 6.61 Å². The molecule has 1 aliphatic rings. The van der Waals surface area contributed by atoms with Crippen molar-refractivity contribution in [3.63, 3.8) is 0 Å². The number of hydrogen-bond donors (Lipinski definition) is 0. The lowest BCUT2D eigenvalue weighted by atomic mass is 9.85. The van der Waals surface area contributed by atoms with Crippen LogP contribution in [0.5, 0.6) is 0 Å². The van der Waals surface area contributed by atoms with E-state index >= 15 is 0 Å². The van der Waals surface area contributed by atoms with Crippen LogP contribution in [0.2, 0.25) is 0 Å². The molecule has 1 aliphatic carbocycles. The first-order valence-electron chi connectivity index (χ1n) is 4.51. The van der Waals surface area contributed by atoms with Crippen molar-refractivity contribution in [2.45, 2.75) is 27.2 Å². The Morgan fingerprint density at radius 2 is 2.17 bits per heavy atom. The fourth-order valence-electron chi connectivity index (χ4n) is 1.93. The van der Waals surface area contributed by atoms with Crippen molar-refractivity contribution in [1.82, 2.24) is 0 Å². The highest BCUT2D eigenvalue weighted by Crippen LogP contribution is 2.28. The Morgan fingerprint density at radius 1 is 1.50 bits per heavy atom. The van der Waals surface area contributed by atoms with Crippen LogP contribution in [-0.4, -0.2) is 13.7 Å². The highest BCUT2D eigenvalue weighted by atomic mass is 16.5. The van der Waals surface area contributed by atoms with E-state index in [1.54, 1.807) is 7.11 Å². The zero-order valence-electron chi connectivity index (χ0n) is 8.48. The lowest BCUT2D eigenvalue weighted by Crippen LogP contribution is -2.11. The molecule has 0 saturated carbocycles. The summed E-state index contributed by atoms with van der Waals surface area (Å²) >= 11 is 0. The summed E-state index contributed by atoms with van der Waals surface area (Å²) in [7, 11) is 1.76. The number of allylic oxidation sites excluding steroid dienone is 3. The molecule has 0 heterocycles. The minimum absolute atomic E-state index is 0.662. The molecular weight excluding hydrogens is 148 g/mol. The lowest BCUT2D eigenvalue weighted by molar-refractivity contribution is 0.216. The van der Waals surface area contributed by atoms with Gasteiger partial charge in [-0.15, -0.1) is 0 Å². The van der Waals surface area contributed by atoms with Crippen LogP contribution in [0.25, 0.3) is 0 Å². The van der Waals surface area contributed by atoms with Crippen molar-refractivity contribution in [2.24, 2.45) is 5.92 Å². The van der Waals surface area contributed by atoms with Crippen LogP contribution in [0.3, 0.4) is 0 Å². The second-order valence-electron chi connectivity index (χ2n) is 3.74. The van der Waals surface area contributed by atoms with E-state index in [1.165, 1.54) is 23.1 Å². The van der Waals surface area contributed by atoms with E-state index in [4.69, 9.17) is 4.74 Å². The number of ether oxygens (including phenoxy) is 1. The molecule has 0 aromatic heterocycles. The molecule has 0 fully saturated rings. The summed E-state index contributed by atoms with van der Waals surface area (Å²) in [4.78, 5) is 0. The van der Waals surface area contributed by atoms with E-state index in [1.807, 2.05) is 0 Å². The Kier molecular flexibility index (Phi) is 3.10. The molecule has 1 heteroatoms. The Labute approximate surface area is 75.1 Å². The molecule has 1 rings (SSSR count). The van der Waals surface area contributed by atoms with E-state index < -0.39 is 0 Å². The Hall–Kier alpha value is -0.560. The maximum Gasteiger partial charge on any atom is 0.0681 e. The Morgan fingerprint density at radius 3 is 2.67 bits per heavy atom. The average Bonchev–Trinajstić information content (AvgIpc) is 1.96. The number of rotatable bonds is 2. The first-order valence-corrected chi connectivity index (χ1v) is 4.51. The van der Waals surface area contributed by atoms with Gasteiger partial charge >= 0.3 is 0 Å². The molecule has 0 amide bonds. The largest absolute Gasteiger partial charge is 0.380 e. The second kappa shape index (κ2) is 3.90. The summed E-state index contributed by atoms with van der Waals surface area (Å²) in [5, 5.41) is 0. The molecular formula is C11H18O. The van der Waals surface area contributed by atoms with E-state index in [-0.39, 0.29) is 0 Å². The van der Waals surface area contributed by atoms with Crippen molar-refractivity contribution in [1.29, 1.82) is 0 Å². The van der Waals surface area contributed by atoms with Gasteiger partial charge in [0, 0.05) is 7.11 Å². The summed E-state index contributed by atoms with van der Waals surface area (Å²) in [6.07, 6.45) is 3.46. The normalized spacial score (nSPS) is 24.3. The Bertz CT molecular complexity index is 223. The van der Waals surface area contributed by atoms with E-state index in [0.29, 0.717) is 5.92 Å². The molecule has 0 aromatic rings. The first-order chi connectivity index (χ1) is 5.65. The molecule has 68 valence electrons. The van der Waals surface area contributed by atoms with Crippen LogP contribution in [0, 0.1) is 5.92 Å². The van der Waals surface area contributed by atoms with Gasteiger partial charge in [-0.3, -0.25) is 0 Å². The minimum atomic E-state index is 0.662. The van der Waals surface area contributed by atoms with Gasteiger partial charge in [0.25, 0.3) is 0 Å². The molecule has 0 bridgehead atoms. The molecule has 1 atom stereocenters. The highest BCUT2D eigenvalue weighted by Gasteiger charge is 2.15. The summed E-state index contributed by atoms with van der Waals surface area (Å²) in [5.74, 6) is 0.662. The molecule has 0 aliphatic heterocycles. The molecule has 1 nitrogen and oxygen atoms in total. The second-order valence-corrected chi connectivity index (χ2v) is 3.74. The van der Waals surface area contributed by atoms with Gasteiger partial charge in [0.1, 0.15) is 0 Å². The fourth-order valence-corrected chi connectivity index (χ4v) is 1.93. The zero-order valence-corrected chi connectivity index (χ0v) is 8.48. The van der Waals surface area contributed by atoms with Crippen molar-refractivity contribution >= 4 is 0 Å². The third-order valence-electron chi connectivity index (χ3n) is 2.49. The van der Waals surface area contributed by atoms with E-state index in [2.05, 4.69) is 26.8 Å². The van der Waals surface area contributed by atoms with Crippen LogP contribution >= 0.6 is 0 Å². The molecule has 0 aromatic carbocycles. The monoisotopic (exact) mass is 166 g/mol. The van der Waals surface area contributed by atoms with Crippen molar-refractivity contribution in [3.05, 3.63) is 22.8 Å². The van der Waals surface area contributed by atoms with Crippen molar-refractivity contribution in [3.8, 4) is 0 Å². The van der Waals surface area contributed by atoms with Crippen molar-refractivity contribution in [2.75, 3.05) is 13.7 Å². The maximum absolute atomic E-state index is 5.17. The molecule has 0 spiro atoms. The van der Waals surface area contributed by atoms with Crippen molar-refractivity contribution < 1.29 is 4.74 Å². The van der Waals surface area contributed by atoms with Crippen LogP contribution in [0.15, 0.2) is 22.8 Å². The fraction of sp³-hybridized carbons (Fsp3) is 0.636. The maximum atomic E-state index is 5.17. The third-order valence-corrected chi connectivity index (χ3v) is 2.49. The summed E-state index contributed by atoms with van der Waals surface area (Å²) in [6, 6.07) is 0. The van der Waals surface area contributed by atoms with Gasteiger partial charge in [-0.25, -0.2) is 0 Å². The van der Waals surface area contributed by atoms with Gasteiger partial charge < -0.3 is 4.74 Å². The lowest BCUT2D eigenvalue weighted by Gasteiger charge is -2.22. The van der Waals surface area contributed by atoms with Gasteiger partial charge in [-0.2, -0.15) is 0 Å². The number of methoxy groups -OCH3 is 1.